The minimum Gasteiger partial charge on any atom is -0.454 e. The van der Waals surface area contributed by atoms with Crippen LogP contribution in [0.15, 0.2) is 71.7 Å². The molecule has 0 radical (unpaired) electrons. The Morgan fingerprint density at radius 2 is 1.84 bits per heavy atom. The average molecular weight is 494 g/mol. The number of nitro benzene ring substituents is 1. The van der Waals surface area contributed by atoms with Crippen LogP contribution in [0.4, 0.5) is 22.9 Å². The van der Waals surface area contributed by atoms with Crippen LogP contribution in [0.3, 0.4) is 0 Å². The predicted octanol–water partition coefficient (Wildman–Crippen LogP) is 4.41. The van der Waals surface area contributed by atoms with Crippen molar-refractivity contribution in [2.24, 2.45) is 4.99 Å². The number of carbonyl (C=O) groups excluding carboxylic acids is 1. The maximum absolute atomic E-state index is 13.3. The minimum absolute atomic E-state index is 0.0273. The Morgan fingerprint density at radius 3 is 2.65 bits per heavy atom. The van der Waals surface area contributed by atoms with Crippen molar-refractivity contribution in [2.75, 3.05) is 17.0 Å². The number of aliphatic imine (C=N–C) groups is 1. The fraction of sp³-hybridized carbons (Fsp3) is 0.115. The molecule has 0 saturated heterocycles. The molecular formula is C26H18N6O5. The maximum Gasteiger partial charge on any atom is 0.291 e. The fourth-order valence-electron chi connectivity index (χ4n) is 5.04. The average Bonchev–Trinajstić information content (AvgIpc) is 3.51. The zero-order chi connectivity index (χ0) is 25.3. The van der Waals surface area contributed by atoms with E-state index in [2.05, 4.69) is 5.32 Å². The maximum atomic E-state index is 13.3. The number of aromatic nitrogens is 2. The molecular weight excluding hydrogens is 476 g/mol. The zero-order valence-corrected chi connectivity index (χ0v) is 19.4. The topological polar surface area (TPSA) is 124 Å². The van der Waals surface area contributed by atoms with E-state index in [-0.39, 0.29) is 24.2 Å². The summed E-state index contributed by atoms with van der Waals surface area (Å²) in [4.78, 5) is 30.7. The highest BCUT2D eigenvalue weighted by Gasteiger charge is 2.43. The Bertz CT molecular complexity index is 1660. The molecule has 1 atom stereocenters. The third-order valence-electron chi connectivity index (χ3n) is 6.69. The van der Waals surface area contributed by atoms with E-state index in [1.807, 2.05) is 54.3 Å². The summed E-state index contributed by atoms with van der Waals surface area (Å²) in [6.07, 6.45) is 0. The van der Waals surface area contributed by atoms with Crippen molar-refractivity contribution in [1.82, 2.24) is 9.78 Å². The molecule has 0 fully saturated rings. The monoisotopic (exact) mass is 494 g/mol. The molecule has 7 rings (SSSR count). The lowest BCUT2D eigenvalue weighted by Crippen LogP contribution is -2.48. The van der Waals surface area contributed by atoms with E-state index in [9.17, 15) is 14.9 Å². The second kappa shape index (κ2) is 7.65. The first kappa shape index (κ1) is 21.1. The number of amidine groups is 1. The van der Waals surface area contributed by atoms with Gasteiger partial charge >= 0.3 is 0 Å². The number of anilines is 2. The number of non-ortho nitro benzene ring substituents is 1. The fourth-order valence-corrected chi connectivity index (χ4v) is 5.04. The molecule has 3 aromatic carbocycles. The van der Waals surface area contributed by atoms with Crippen LogP contribution in [0.2, 0.25) is 0 Å². The zero-order valence-electron chi connectivity index (χ0n) is 19.4. The number of para-hydroxylation sites is 2. The van der Waals surface area contributed by atoms with Crippen molar-refractivity contribution >= 4 is 34.6 Å². The van der Waals surface area contributed by atoms with Crippen LogP contribution in [-0.2, 0) is 4.79 Å². The van der Waals surface area contributed by atoms with Gasteiger partial charge in [-0.3, -0.25) is 14.9 Å². The number of aryl methyl sites for hydroxylation is 1. The summed E-state index contributed by atoms with van der Waals surface area (Å²) < 4.78 is 12.8. The summed E-state index contributed by atoms with van der Waals surface area (Å²) in [5.41, 5.74) is 4.44. The second-order valence-corrected chi connectivity index (χ2v) is 8.80. The minimum atomic E-state index is -0.453. The van der Waals surface area contributed by atoms with Gasteiger partial charge in [-0.15, -0.1) is 0 Å². The Kier molecular flexibility index (Phi) is 4.37. The molecule has 11 nitrogen and oxygen atoms in total. The van der Waals surface area contributed by atoms with Crippen molar-refractivity contribution in [3.05, 3.63) is 93.7 Å². The van der Waals surface area contributed by atoms with Gasteiger partial charge in [-0.1, -0.05) is 18.2 Å². The third kappa shape index (κ3) is 3.10. The van der Waals surface area contributed by atoms with Crippen LogP contribution in [0, 0.1) is 17.0 Å². The molecule has 182 valence electrons. The molecule has 37 heavy (non-hydrogen) atoms. The predicted molar refractivity (Wildman–Crippen MR) is 134 cm³/mol. The number of amides is 1. The van der Waals surface area contributed by atoms with Crippen molar-refractivity contribution in [2.45, 2.75) is 13.0 Å². The summed E-state index contributed by atoms with van der Waals surface area (Å²) in [6, 6.07) is 18.9. The highest BCUT2D eigenvalue weighted by molar-refractivity contribution is 6.50. The van der Waals surface area contributed by atoms with Crippen LogP contribution >= 0.6 is 0 Å². The highest BCUT2D eigenvalue weighted by Crippen LogP contribution is 2.48. The van der Waals surface area contributed by atoms with Gasteiger partial charge in [0.25, 0.3) is 11.6 Å². The van der Waals surface area contributed by atoms with E-state index in [1.165, 1.54) is 12.1 Å². The number of hydrogen-bond acceptors (Lipinski definition) is 8. The van der Waals surface area contributed by atoms with Gasteiger partial charge in [-0.25, -0.2) is 9.67 Å². The summed E-state index contributed by atoms with van der Waals surface area (Å²) in [6.45, 7) is 2.03. The first-order valence-corrected chi connectivity index (χ1v) is 11.5. The molecule has 0 saturated carbocycles. The molecule has 0 aliphatic carbocycles. The number of nitro groups is 1. The van der Waals surface area contributed by atoms with E-state index in [0.29, 0.717) is 34.4 Å². The van der Waals surface area contributed by atoms with Crippen molar-refractivity contribution < 1.29 is 19.2 Å². The van der Waals surface area contributed by atoms with Gasteiger partial charge in [0.05, 0.1) is 33.7 Å². The molecule has 0 bridgehead atoms. The van der Waals surface area contributed by atoms with Crippen LogP contribution in [0.25, 0.3) is 5.69 Å². The van der Waals surface area contributed by atoms with Crippen molar-refractivity contribution in [3.63, 3.8) is 0 Å². The van der Waals surface area contributed by atoms with Gasteiger partial charge in [-0.2, -0.15) is 5.10 Å². The SMILES string of the molecule is Cc1nn(-c2ccc([N+](=O)[O-])cc2)c2c1[C@H](c1ccc3c(c1)OCO3)N1C(=N2)C(=O)Nc2ccccc21. The Morgan fingerprint density at radius 1 is 1.05 bits per heavy atom. The van der Waals surface area contributed by atoms with Gasteiger partial charge in [-0.05, 0) is 48.9 Å². The molecule has 0 unspecified atom stereocenters. The first-order valence-electron chi connectivity index (χ1n) is 11.5. The van der Waals surface area contributed by atoms with E-state index < -0.39 is 11.0 Å². The molecule has 3 aliphatic heterocycles. The Labute approximate surface area is 209 Å². The Balaban J connectivity index is 1.47. The Hall–Kier alpha value is -5.19. The van der Waals surface area contributed by atoms with E-state index >= 15 is 0 Å². The number of rotatable bonds is 3. The van der Waals surface area contributed by atoms with E-state index in [4.69, 9.17) is 19.6 Å². The molecule has 4 aromatic rings. The van der Waals surface area contributed by atoms with Crippen molar-refractivity contribution in [3.8, 4) is 17.2 Å². The molecule has 1 N–H and O–H groups in total. The highest BCUT2D eigenvalue weighted by atomic mass is 16.7. The number of nitrogens with one attached hydrogen (secondary N) is 1. The smallest absolute Gasteiger partial charge is 0.291 e. The largest absolute Gasteiger partial charge is 0.454 e. The molecule has 11 heteroatoms. The lowest BCUT2D eigenvalue weighted by atomic mass is 9.93. The van der Waals surface area contributed by atoms with E-state index in [0.717, 1.165) is 16.8 Å². The normalized spacial score (nSPS) is 16.9. The van der Waals surface area contributed by atoms with Crippen LogP contribution in [0.1, 0.15) is 22.9 Å². The first-order chi connectivity index (χ1) is 18.0. The second-order valence-electron chi connectivity index (χ2n) is 8.80. The van der Waals surface area contributed by atoms with Crippen LogP contribution < -0.4 is 19.7 Å². The van der Waals surface area contributed by atoms with Gasteiger partial charge < -0.3 is 19.7 Å². The molecule has 1 aromatic heterocycles. The summed E-state index contributed by atoms with van der Waals surface area (Å²) >= 11 is 0. The van der Waals surface area contributed by atoms with Crippen LogP contribution in [-0.4, -0.2) is 33.2 Å². The molecule has 0 spiro atoms. The lowest BCUT2D eigenvalue weighted by molar-refractivity contribution is -0.384. The van der Waals surface area contributed by atoms with Gasteiger partial charge in [0.2, 0.25) is 12.6 Å². The van der Waals surface area contributed by atoms with Gasteiger partial charge in [0, 0.05) is 17.7 Å². The van der Waals surface area contributed by atoms with Gasteiger partial charge in [0.15, 0.2) is 17.3 Å². The van der Waals surface area contributed by atoms with Crippen molar-refractivity contribution in [1.29, 1.82) is 0 Å². The van der Waals surface area contributed by atoms with Crippen LogP contribution in [0.5, 0.6) is 11.5 Å². The molecule has 3 aliphatic rings. The van der Waals surface area contributed by atoms with E-state index in [1.54, 1.807) is 16.8 Å². The molecule has 1 amide bonds. The number of carbonyl (C=O) groups is 1. The standard InChI is InChI=1S/C26H18N6O5/c1-14-22-23(15-6-11-20-21(12-15)37-13-36-20)30-19-5-3-2-4-18(19)27-26(33)25(30)28-24(22)31(29-14)16-7-9-17(10-8-16)32(34)35/h2-12,23H,13H2,1H3,(H,27,33)/t23-/m0/s1. The number of ether oxygens (including phenoxy) is 2. The van der Waals surface area contributed by atoms with Gasteiger partial charge in [0.1, 0.15) is 0 Å². The third-order valence-corrected chi connectivity index (χ3v) is 6.69. The summed E-state index contributed by atoms with van der Waals surface area (Å²) in [5, 5.41) is 18.8. The summed E-state index contributed by atoms with van der Waals surface area (Å²) in [7, 11) is 0. The number of nitrogens with zero attached hydrogens (tertiary/aromatic N) is 5. The quantitative estimate of drug-likeness (QED) is 0.330. The molecule has 4 heterocycles. The lowest BCUT2D eigenvalue weighted by Gasteiger charge is -2.40. The summed E-state index contributed by atoms with van der Waals surface area (Å²) in [5.74, 6) is 1.64. The number of fused-ring (bicyclic) bond motifs is 5. The number of benzene rings is 3. The number of hydrogen-bond donors (Lipinski definition) is 1.